The normalized spacial score (nSPS) is 12.4. The van der Waals surface area contributed by atoms with Crippen molar-refractivity contribution < 1.29 is 10.2 Å². The minimum Gasteiger partial charge on any atom is -0.505 e. The predicted molar refractivity (Wildman–Crippen MR) is 199 cm³/mol. The summed E-state index contributed by atoms with van der Waals surface area (Å²) < 4.78 is 0. The van der Waals surface area contributed by atoms with Crippen molar-refractivity contribution in [2.45, 2.75) is 5.41 Å². The molecular formula is C45H32N2O2. The Labute approximate surface area is 285 Å². The molecule has 8 rings (SSSR count). The Morgan fingerprint density at radius 3 is 1.51 bits per heavy atom. The summed E-state index contributed by atoms with van der Waals surface area (Å²) in [6, 6.07) is 51.8. The quantitative estimate of drug-likeness (QED) is 0.0884. The second-order valence-electron chi connectivity index (χ2n) is 12.3. The number of anilines is 2. The van der Waals surface area contributed by atoms with E-state index in [-0.39, 0.29) is 22.9 Å². The van der Waals surface area contributed by atoms with E-state index in [1.165, 1.54) is 0 Å². The van der Waals surface area contributed by atoms with Crippen LogP contribution in [0, 0.1) is 11.8 Å². The Balaban J connectivity index is 1.54. The standard InChI is InChI=1S/C45H32N2O2/c46-40-27-33(25-37(43(40)48)30-15-6-2-7-16-30)45(34-26-38(44(49)41(47)28-34)31-17-8-3-9-18-31)39-22-11-10-20-35(39)36-21-12-19-32(42(36)45)24-23-29-13-4-1-5-14-29/h1-22,25-28,48-49H,46-47H2. The molecule has 0 unspecified atom stereocenters. The Kier molecular flexibility index (Phi) is 7.17. The van der Waals surface area contributed by atoms with Gasteiger partial charge in [0.2, 0.25) is 0 Å². The molecule has 234 valence electrons. The van der Waals surface area contributed by atoms with Gasteiger partial charge in [0, 0.05) is 22.3 Å². The van der Waals surface area contributed by atoms with Crippen molar-refractivity contribution in [2.24, 2.45) is 0 Å². The first-order valence-electron chi connectivity index (χ1n) is 16.1. The Morgan fingerprint density at radius 2 is 0.939 bits per heavy atom. The van der Waals surface area contributed by atoms with Crippen molar-refractivity contribution in [3.8, 4) is 56.7 Å². The van der Waals surface area contributed by atoms with Gasteiger partial charge in [-0.1, -0.05) is 127 Å². The zero-order valence-electron chi connectivity index (χ0n) is 26.6. The smallest absolute Gasteiger partial charge is 0.146 e. The highest BCUT2D eigenvalue weighted by Crippen LogP contribution is 2.59. The molecule has 0 bridgehead atoms. The van der Waals surface area contributed by atoms with Crippen molar-refractivity contribution in [3.63, 3.8) is 0 Å². The lowest BCUT2D eigenvalue weighted by molar-refractivity contribution is 0.479. The SMILES string of the molecule is Nc1cc(C2(c3cc(N)c(O)c(-c4ccccc4)c3)c3ccccc3-c3cccc(C#Cc4ccccc4)c32)cc(-c2ccccc2)c1O. The maximum atomic E-state index is 11.4. The molecule has 0 fully saturated rings. The van der Waals surface area contributed by atoms with Gasteiger partial charge >= 0.3 is 0 Å². The largest absolute Gasteiger partial charge is 0.505 e. The third kappa shape index (κ3) is 4.80. The van der Waals surface area contributed by atoms with Crippen molar-refractivity contribution in [1.29, 1.82) is 0 Å². The van der Waals surface area contributed by atoms with E-state index >= 15 is 0 Å². The van der Waals surface area contributed by atoms with Crippen LogP contribution in [0.2, 0.25) is 0 Å². The molecule has 7 aromatic carbocycles. The van der Waals surface area contributed by atoms with Crippen LogP contribution in [0.25, 0.3) is 33.4 Å². The molecule has 0 spiro atoms. The fraction of sp³-hybridized carbons (Fsp3) is 0.0222. The molecule has 1 aliphatic carbocycles. The van der Waals surface area contributed by atoms with Gasteiger partial charge in [0.15, 0.2) is 0 Å². The molecule has 7 aromatic rings. The first-order chi connectivity index (χ1) is 24.0. The van der Waals surface area contributed by atoms with Crippen LogP contribution >= 0.6 is 0 Å². The van der Waals surface area contributed by atoms with E-state index in [4.69, 9.17) is 11.5 Å². The number of hydrogen-bond acceptors (Lipinski definition) is 4. The van der Waals surface area contributed by atoms with Gasteiger partial charge in [0.05, 0.1) is 16.8 Å². The van der Waals surface area contributed by atoms with Crippen LogP contribution in [0.1, 0.15) is 33.4 Å². The molecule has 49 heavy (non-hydrogen) atoms. The molecule has 0 aromatic heterocycles. The van der Waals surface area contributed by atoms with Gasteiger partial charge in [-0.3, -0.25) is 0 Å². The third-order valence-electron chi connectivity index (χ3n) is 9.49. The monoisotopic (exact) mass is 632 g/mol. The summed E-state index contributed by atoms with van der Waals surface area (Å²) in [5.74, 6) is 6.95. The highest BCUT2D eigenvalue weighted by Gasteiger charge is 2.48. The number of fused-ring (bicyclic) bond motifs is 3. The number of phenolic OH excluding ortho intramolecular Hbond substituents is 2. The van der Waals surface area contributed by atoms with Gasteiger partial charge < -0.3 is 21.7 Å². The summed E-state index contributed by atoms with van der Waals surface area (Å²) in [7, 11) is 0. The fourth-order valence-electron chi connectivity index (χ4n) is 7.31. The lowest BCUT2D eigenvalue weighted by Gasteiger charge is -2.36. The molecule has 0 saturated carbocycles. The summed E-state index contributed by atoms with van der Waals surface area (Å²) >= 11 is 0. The molecular weight excluding hydrogens is 601 g/mol. The molecule has 0 saturated heterocycles. The summed E-state index contributed by atoms with van der Waals surface area (Å²) in [6.45, 7) is 0. The van der Waals surface area contributed by atoms with E-state index < -0.39 is 5.41 Å². The van der Waals surface area contributed by atoms with Crippen molar-refractivity contribution in [1.82, 2.24) is 0 Å². The average molecular weight is 633 g/mol. The highest BCUT2D eigenvalue weighted by atomic mass is 16.3. The Bertz CT molecular complexity index is 2330. The van der Waals surface area contributed by atoms with Gasteiger partial charge in [0.1, 0.15) is 11.5 Å². The second kappa shape index (κ2) is 11.8. The maximum Gasteiger partial charge on any atom is 0.146 e. The van der Waals surface area contributed by atoms with E-state index in [1.54, 1.807) is 0 Å². The van der Waals surface area contributed by atoms with E-state index in [2.05, 4.69) is 36.1 Å². The molecule has 4 heteroatoms. The van der Waals surface area contributed by atoms with Crippen molar-refractivity contribution in [3.05, 3.63) is 191 Å². The van der Waals surface area contributed by atoms with Crippen LogP contribution < -0.4 is 11.5 Å². The van der Waals surface area contributed by atoms with E-state index in [0.29, 0.717) is 11.1 Å². The van der Waals surface area contributed by atoms with Crippen LogP contribution in [-0.4, -0.2) is 10.2 Å². The number of aromatic hydroxyl groups is 2. The van der Waals surface area contributed by atoms with E-state index in [1.807, 2.05) is 133 Å². The molecule has 6 N–H and O–H groups in total. The van der Waals surface area contributed by atoms with Crippen LogP contribution in [0.15, 0.2) is 158 Å². The summed E-state index contributed by atoms with van der Waals surface area (Å²) in [5, 5.41) is 22.8. The van der Waals surface area contributed by atoms with Crippen LogP contribution in [0.4, 0.5) is 11.4 Å². The number of nitrogens with two attached hydrogens (primary N) is 2. The van der Waals surface area contributed by atoms with Crippen molar-refractivity contribution >= 4 is 11.4 Å². The summed E-state index contributed by atoms with van der Waals surface area (Å²) in [5.41, 5.74) is 23.4. The first-order valence-corrected chi connectivity index (χ1v) is 16.1. The molecule has 0 aliphatic heterocycles. The minimum atomic E-state index is -0.995. The molecule has 0 radical (unpaired) electrons. The number of phenols is 2. The lowest BCUT2D eigenvalue weighted by Crippen LogP contribution is -2.30. The van der Waals surface area contributed by atoms with Gasteiger partial charge in [-0.15, -0.1) is 0 Å². The van der Waals surface area contributed by atoms with E-state index in [9.17, 15) is 10.2 Å². The topological polar surface area (TPSA) is 92.5 Å². The molecule has 1 aliphatic rings. The fourth-order valence-corrected chi connectivity index (χ4v) is 7.31. The first kappa shape index (κ1) is 29.7. The molecule has 0 amide bonds. The predicted octanol–water partition coefficient (Wildman–Crippen LogP) is 9.36. The van der Waals surface area contributed by atoms with Crippen molar-refractivity contribution in [2.75, 3.05) is 11.5 Å². The summed E-state index contributed by atoms with van der Waals surface area (Å²) in [4.78, 5) is 0. The second-order valence-corrected chi connectivity index (χ2v) is 12.3. The highest BCUT2D eigenvalue weighted by molar-refractivity contribution is 5.92. The summed E-state index contributed by atoms with van der Waals surface area (Å²) in [6.07, 6.45) is 0. The van der Waals surface area contributed by atoms with Gasteiger partial charge in [-0.05, 0) is 87.0 Å². The maximum absolute atomic E-state index is 11.4. The molecule has 4 nitrogen and oxygen atoms in total. The zero-order chi connectivity index (χ0) is 33.5. The Morgan fingerprint density at radius 1 is 0.449 bits per heavy atom. The van der Waals surface area contributed by atoms with Gasteiger partial charge in [0.25, 0.3) is 0 Å². The number of benzene rings is 7. The van der Waals surface area contributed by atoms with Crippen LogP contribution in [0.5, 0.6) is 11.5 Å². The average Bonchev–Trinajstić information content (AvgIpc) is 3.46. The minimum absolute atomic E-state index is 0.0176. The Hall–Kier alpha value is -6.70. The van der Waals surface area contributed by atoms with Crippen LogP contribution in [0.3, 0.4) is 0 Å². The number of nitrogen functional groups attached to an aromatic ring is 2. The third-order valence-corrected chi connectivity index (χ3v) is 9.49. The van der Waals surface area contributed by atoms with E-state index in [0.717, 1.165) is 55.6 Å². The van der Waals surface area contributed by atoms with Crippen LogP contribution in [-0.2, 0) is 5.41 Å². The molecule has 0 heterocycles. The zero-order valence-corrected chi connectivity index (χ0v) is 26.6. The van der Waals surface area contributed by atoms with Gasteiger partial charge in [-0.2, -0.15) is 0 Å². The van der Waals surface area contributed by atoms with Gasteiger partial charge in [-0.25, -0.2) is 0 Å². The molecule has 0 atom stereocenters. The number of hydrogen-bond donors (Lipinski definition) is 4. The number of rotatable bonds is 4. The lowest BCUT2D eigenvalue weighted by atomic mass is 9.65.